The van der Waals surface area contributed by atoms with Crippen LogP contribution >= 0.6 is 76.8 Å². The predicted octanol–water partition coefficient (Wildman–Crippen LogP) is -0.982. The molecule has 8 aliphatic rings. The topological polar surface area (TPSA) is 867 Å². The smallest absolute Gasteiger partial charge is 0.394 e. The maximum atomic E-state index is 13.2. The fourth-order valence-corrected chi connectivity index (χ4v) is 33.1. The number of imidazole rings is 1. The number of hydrogen-bond donors (Lipinski definition) is 22. The van der Waals surface area contributed by atoms with Gasteiger partial charge in [0.25, 0.3) is 4.99 Å². The van der Waals surface area contributed by atoms with Gasteiger partial charge in [-0.2, -0.15) is 67.1 Å². The lowest BCUT2D eigenvalue weighted by atomic mass is 10.1. The summed E-state index contributed by atoms with van der Waals surface area (Å²) >= 11 is 24.2. The third-order valence-electron chi connectivity index (χ3n) is 24.1. The fourth-order valence-electron chi connectivity index (χ4n) is 17.6. The van der Waals surface area contributed by atoms with E-state index in [0.717, 1.165) is 124 Å². The number of ether oxygens (including phenoxy) is 4. The van der Waals surface area contributed by atoms with E-state index >= 15 is 0 Å². The van der Waals surface area contributed by atoms with Crippen LogP contribution in [0.3, 0.4) is 0 Å². The second-order valence-corrected chi connectivity index (χ2v) is 52.7. The van der Waals surface area contributed by atoms with Gasteiger partial charge < -0.3 is 130 Å². The average Bonchev–Trinajstić information content (AvgIpc) is 1.52. The molecule has 4 aliphatic carbocycles. The number of fused-ring (bicyclic) bond motifs is 4. The molecule has 8 aromatic rings. The van der Waals surface area contributed by atoms with E-state index < -0.39 is 230 Å². The van der Waals surface area contributed by atoms with Crippen LogP contribution in [0.25, 0.3) is 44.7 Å². The summed E-state index contributed by atoms with van der Waals surface area (Å²) in [7, 11) is -41.0. The number of sulfone groups is 4. The third kappa shape index (κ3) is 24.8. The van der Waals surface area contributed by atoms with Gasteiger partial charge in [-0.1, -0.05) is 73.9 Å². The lowest BCUT2D eigenvalue weighted by Crippen LogP contribution is -2.43. The van der Waals surface area contributed by atoms with Crippen molar-refractivity contribution in [2.45, 2.75) is 278 Å². The lowest BCUT2D eigenvalue weighted by Gasteiger charge is -2.23. The molecule has 8 fully saturated rings. The second-order valence-electron chi connectivity index (χ2n) is 34.2. The van der Waals surface area contributed by atoms with Crippen molar-refractivity contribution in [1.29, 1.82) is 0 Å². The number of aliphatic hydroxyl groups excluding tert-OH is 10. The van der Waals surface area contributed by atoms with E-state index in [0.29, 0.717) is 23.0 Å². The highest BCUT2D eigenvalue weighted by Gasteiger charge is 2.62. The summed E-state index contributed by atoms with van der Waals surface area (Å²) in [6.07, 6.45) is -17.4. The van der Waals surface area contributed by atoms with E-state index in [1.807, 2.05) is 0 Å². The first-order chi connectivity index (χ1) is 64.7. The number of aromatic nitrogens is 19. The van der Waals surface area contributed by atoms with E-state index in [2.05, 4.69) is 97.1 Å². The second kappa shape index (κ2) is 43.2. The Kier molecular flexibility index (Phi) is 34.2. The van der Waals surface area contributed by atoms with Crippen LogP contribution in [-0.2, 0) is 76.6 Å². The Balaban J connectivity index is 0.000000156. The maximum Gasteiger partial charge on any atom is 0.417 e. The van der Waals surface area contributed by atoms with Crippen LogP contribution < -0.4 is 21.3 Å². The first-order valence-electron chi connectivity index (χ1n) is 42.5. The zero-order chi connectivity index (χ0) is 102. The van der Waals surface area contributed by atoms with Gasteiger partial charge >= 0.3 is 36.6 Å². The highest BCUT2D eigenvalue weighted by Crippen LogP contribution is 2.54. The zero-order valence-corrected chi connectivity index (χ0v) is 82.1. The number of anilines is 4. The van der Waals surface area contributed by atoms with Gasteiger partial charge in [0.1, 0.15) is 73.2 Å². The largest absolute Gasteiger partial charge is 0.417 e. The number of nitrogens with one attached hydrogen (secondary N) is 4. The Morgan fingerprint density at radius 3 is 0.971 bits per heavy atom. The minimum Gasteiger partial charge on any atom is -0.394 e. The first kappa shape index (κ1) is 110. The molecule has 8 aromatic heterocycles. The molecule has 778 valence electrons. The number of rotatable bonds is 31. The number of nitrogens with zero attached hydrogens (tertiary/aromatic N) is 19. The van der Waals surface area contributed by atoms with Gasteiger partial charge in [-0.15, -0.1) is 15.3 Å². The Morgan fingerprint density at radius 1 is 0.410 bits per heavy atom. The van der Waals surface area contributed by atoms with Crippen LogP contribution in [-0.4, -0.2) is 378 Å². The minimum absolute atomic E-state index is 0.0577. The molecular weight excluding hydrogens is 2120 g/mol. The Bertz CT molecular complexity index is 6260. The summed E-state index contributed by atoms with van der Waals surface area (Å²) in [5.41, 5.74) is 1.15. The molecule has 4 saturated carbocycles. The lowest BCUT2D eigenvalue weighted by molar-refractivity contribution is -0.118. The van der Waals surface area contributed by atoms with Crippen LogP contribution in [0.1, 0.15) is 148 Å². The third-order valence-corrected chi connectivity index (χ3v) is 43.4. The van der Waals surface area contributed by atoms with Crippen molar-refractivity contribution in [3.8, 4) is 0 Å². The highest BCUT2D eigenvalue weighted by atomic mass is 35.5. The Hall–Kier alpha value is -6.02. The van der Waals surface area contributed by atoms with Gasteiger partial charge in [0, 0.05) is 24.2 Å². The van der Waals surface area contributed by atoms with Crippen LogP contribution in [0.4, 0.5) is 36.4 Å². The number of aliphatic hydroxyl groups is 10. The van der Waals surface area contributed by atoms with Crippen LogP contribution in [0.15, 0.2) is 6.33 Å². The summed E-state index contributed by atoms with van der Waals surface area (Å²) < 4.78 is 212. The quantitative estimate of drug-likeness (QED) is 0.0183. The van der Waals surface area contributed by atoms with Crippen LogP contribution in [0.5, 0.6) is 0 Å². The molecule has 0 bridgehead atoms. The molecule has 12 heterocycles. The van der Waals surface area contributed by atoms with Crippen LogP contribution in [0, 0.1) is 0 Å². The maximum absolute atomic E-state index is 13.2. The van der Waals surface area contributed by atoms with Gasteiger partial charge in [-0.05, 0) is 111 Å². The van der Waals surface area contributed by atoms with E-state index in [4.69, 9.17) is 75.1 Å². The van der Waals surface area contributed by atoms with Gasteiger partial charge in [0.15, 0.2) is 147 Å². The Morgan fingerprint density at radius 2 is 0.691 bits per heavy atom. The molecule has 72 heteroatoms. The molecule has 22 N–H and O–H groups in total. The molecule has 0 spiro atoms. The normalized spacial score (nSPS) is 27.5. The minimum atomic E-state index is -6.21. The van der Waals surface area contributed by atoms with Gasteiger partial charge in [-0.25, -0.2) is 38.7 Å². The van der Waals surface area contributed by atoms with Crippen molar-refractivity contribution < 1.29 is 174 Å². The monoisotopic (exact) mass is 2220 g/mol. The predicted molar refractivity (Wildman–Crippen MR) is 476 cm³/mol. The highest BCUT2D eigenvalue weighted by molar-refractivity contribution is 7.99. The molecule has 139 heavy (non-hydrogen) atoms. The van der Waals surface area contributed by atoms with E-state index in [1.54, 1.807) is 0 Å². The summed E-state index contributed by atoms with van der Waals surface area (Å²) in [5, 5.41) is 139. The average molecular weight is 2220 g/mol. The van der Waals surface area contributed by atoms with Crippen LogP contribution in [0.2, 0.25) is 21.1 Å². The van der Waals surface area contributed by atoms with E-state index in [9.17, 15) is 146 Å². The molecule has 4 aliphatic heterocycles. The molecule has 5 unspecified atom stereocenters. The van der Waals surface area contributed by atoms with E-state index in [1.165, 1.54) is 17.8 Å². The molecule has 16 rings (SSSR count). The van der Waals surface area contributed by atoms with Crippen molar-refractivity contribution in [3.63, 3.8) is 0 Å². The summed E-state index contributed by atoms with van der Waals surface area (Å²) in [4.78, 5) is 101. The zero-order valence-electron chi connectivity index (χ0n) is 72.2. The molecule has 57 nitrogen and oxygen atoms in total. The SMILES string of the molecule is CC(O)C(P(=O)(O)O)S(=O)(=O)C[C@H]1O[C@@H](n2nnc3c(NC4CCCC4)nc(Cl)nc32)[C@H](O)[C@@H]1O.CCC(P(=O)(O)O)S(=O)(=O)C[C@H]1O[C@@H](n2nnc3c(NC4CCCC4)nc(Cl)nc32)[C@H](O)[C@@H]1O.O=P(O)(O)C(C(F)(F)F)S(=O)(=O)C[C@H]1O[C@@H](n2nnc3c(NC4CCCC4)nc(Cl)nc32)[C@H](O)[C@@H]1O.O=P(O)(O)C(CO)S(=O)(=O)C[C@H]1O[C@@H](n2cnc3c(NC4CCCC4)nc(Cl)nc32)[C@H](O)[C@@H]1O. The van der Waals surface area contributed by atoms with Crippen molar-refractivity contribution in [2.24, 2.45) is 0 Å². The molecule has 21 atom stereocenters. The summed E-state index contributed by atoms with van der Waals surface area (Å²) in [6.45, 7) is 0.930. The van der Waals surface area contributed by atoms with Crippen molar-refractivity contribution in [2.75, 3.05) is 50.9 Å². The molecule has 0 radical (unpaired) electrons. The van der Waals surface area contributed by atoms with Gasteiger partial charge in [-0.3, -0.25) is 22.8 Å². The van der Waals surface area contributed by atoms with Crippen molar-refractivity contribution in [1.82, 2.24) is 94.4 Å². The first-order valence-corrected chi connectivity index (χ1v) is 57.6. The van der Waals surface area contributed by atoms with Crippen molar-refractivity contribution >= 4 is 184 Å². The molecule has 4 saturated heterocycles. The summed E-state index contributed by atoms with van der Waals surface area (Å²) in [6, 6.07) is 0.627. The van der Waals surface area contributed by atoms with E-state index in [-0.39, 0.29) is 96.7 Å². The standard InChI is InChI=1S/C17H26ClN6O9PS.C17H26ClN6O8PS.C17H25ClN5O9PS.C16H21ClF3N6O8PS/c1-7(25)16(34(28,29)30)35(31,32)6-9-11(26)12(27)15(33-9)24-14-10(22-23-24)13(20-17(18)21-14)19-8-4-2-3-5-8;1-2-10(33(27,28)29)34(30,31)7-9-12(25)13(26)16(32-9)24-15-11(22-23-24)14(20-17(18)21-15)19-8-5-3-4-6-8;18-17-21-14(20-8-3-1-2-4-8)11-15(22-17)23(7-19-11)16-13(26)12(25)9(32-16)6-34(30,31)10(5-24)33(27,28)29;17-15-22-11(21-6-3-1-2-4-6)8-12(23-15)26(25-24-8)13-10(28)9(27)7(34-13)5-36(32,33)14(16(18,19)20)35(29,30)31/h7-9,11-12,15-16,25-27H,2-6H2,1H3,(H,19,20,21)(H2,28,29,30);8-10,12-13,16,25-26H,2-7H2,1H3,(H,19,20,21)(H2,27,28,29);7-10,12-13,16,24-26H,1-6H2,(H,20,21,22)(H2,27,28,29);6-7,9-10,13-14,27-28H,1-5H2,(H,21,22,23)(H2,29,30,31)/t7?,9-,11-,12-,15-,16?;2*9-,10?,12-,13-,16-;7-,9-,10-,13-,14?/m1111/s1. The van der Waals surface area contributed by atoms with Gasteiger partial charge in [0.2, 0.25) is 21.1 Å². The summed E-state index contributed by atoms with van der Waals surface area (Å²) in [5.74, 6) is -3.41. The fraction of sp³-hybridized carbons (Fsp3) is 0.746. The number of alkyl halides is 3. The van der Waals surface area contributed by atoms with Crippen molar-refractivity contribution in [3.05, 3.63) is 27.5 Å². The molecule has 0 amide bonds. The molecule has 0 aromatic carbocycles. The number of hydrogen-bond acceptors (Lipinski definition) is 45. The number of halogens is 7. The molecular formula is C67H98Cl4F3N23O34P4S4. The van der Waals surface area contributed by atoms with Gasteiger partial charge in [0.05, 0.1) is 42.0 Å². The Labute approximate surface area is 803 Å².